The van der Waals surface area contributed by atoms with Crippen LogP contribution in [0.3, 0.4) is 0 Å². The fraction of sp³-hybridized carbons (Fsp3) is 0.647. The van der Waals surface area contributed by atoms with Crippen LogP contribution in [0.1, 0.15) is 60.1 Å². The van der Waals surface area contributed by atoms with E-state index in [-0.39, 0.29) is 18.5 Å². The lowest BCUT2D eigenvalue weighted by Gasteiger charge is -2.21. The molecule has 1 heterocycles. The maximum Gasteiger partial charge on any atom is 0.389 e. The third-order valence-electron chi connectivity index (χ3n) is 4.47. The summed E-state index contributed by atoms with van der Waals surface area (Å²) in [4.78, 5) is 24.7. The van der Waals surface area contributed by atoms with E-state index in [0.717, 1.165) is 44.0 Å². The molecule has 1 N–H and O–H groups in total. The highest BCUT2D eigenvalue weighted by molar-refractivity contribution is 5.93. The minimum absolute atomic E-state index is 0.0864. The molecule has 8 heteroatoms. The average molecular weight is 360 g/mol. The third-order valence-corrected chi connectivity index (χ3v) is 4.47. The lowest BCUT2D eigenvalue weighted by molar-refractivity contribution is -0.135. The Morgan fingerprint density at radius 3 is 2.48 bits per heavy atom. The van der Waals surface area contributed by atoms with Gasteiger partial charge in [0.2, 0.25) is 0 Å². The number of carbonyl (C=O) groups excluding carboxylic acids is 1. The number of rotatable bonds is 4. The third kappa shape index (κ3) is 5.07. The molecule has 1 amide bonds. The zero-order valence-electron chi connectivity index (χ0n) is 14.2. The van der Waals surface area contributed by atoms with Crippen molar-refractivity contribution in [3.63, 3.8) is 0 Å². The first kappa shape index (κ1) is 19.5. The van der Waals surface area contributed by atoms with E-state index in [1.54, 1.807) is 0 Å². The quantitative estimate of drug-likeness (QED) is 0.662. The van der Waals surface area contributed by atoms with Gasteiger partial charge >= 0.3 is 6.18 Å². The van der Waals surface area contributed by atoms with Gasteiger partial charge in [0.1, 0.15) is 5.56 Å². The highest BCUT2D eigenvalue weighted by atomic mass is 19.4. The van der Waals surface area contributed by atoms with Crippen molar-refractivity contribution in [1.82, 2.24) is 9.63 Å². The number of pyridine rings is 1. The smallest absolute Gasteiger partial charge is 0.312 e. The average Bonchev–Trinajstić information content (AvgIpc) is 2.48. The van der Waals surface area contributed by atoms with E-state index in [0.29, 0.717) is 17.9 Å². The highest BCUT2D eigenvalue weighted by Crippen LogP contribution is 2.24. The molecule has 0 aromatic carbocycles. The van der Waals surface area contributed by atoms with Crippen LogP contribution in [0, 0.1) is 0 Å². The van der Waals surface area contributed by atoms with Gasteiger partial charge in [0, 0.05) is 25.7 Å². The van der Waals surface area contributed by atoms with Crippen LogP contribution in [0.15, 0.2) is 10.9 Å². The number of carbonyl (C=O) groups is 1. The molecule has 1 aromatic rings. The molecular weight excluding hydrogens is 337 g/mol. The summed E-state index contributed by atoms with van der Waals surface area (Å²) in [6, 6.07) is 1.50. The molecular formula is C17H23F3N2O3. The number of hydrogen-bond donors (Lipinski definition) is 1. The maximum atomic E-state index is 12.7. The molecule has 0 aliphatic heterocycles. The Hall–Kier alpha value is -1.83. The summed E-state index contributed by atoms with van der Waals surface area (Å²) in [6.07, 6.45) is -0.392. The Labute approximate surface area is 144 Å². The first-order valence-corrected chi connectivity index (χ1v) is 8.50. The van der Waals surface area contributed by atoms with Crippen LogP contribution in [-0.4, -0.2) is 34.0 Å². The molecule has 25 heavy (non-hydrogen) atoms. The van der Waals surface area contributed by atoms with Gasteiger partial charge in [-0.15, -0.1) is 0 Å². The van der Waals surface area contributed by atoms with Gasteiger partial charge in [-0.25, -0.2) is 5.06 Å². The number of aryl methyl sites for hydroxylation is 1. The van der Waals surface area contributed by atoms with Gasteiger partial charge in [-0.05, 0) is 43.7 Å². The normalized spacial score (nSPS) is 15.2. The fourth-order valence-corrected chi connectivity index (χ4v) is 3.24. The van der Waals surface area contributed by atoms with Crippen molar-refractivity contribution in [2.24, 2.45) is 0 Å². The Balaban J connectivity index is 2.44. The predicted molar refractivity (Wildman–Crippen MR) is 85.7 cm³/mol. The number of hydrogen-bond acceptors (Lipinski definition) is 3. The molecule has 140 valence electrons. The molecule has 0 saturated carbocycles. The minimum Gasteiger partial charge on any atom is -0.312 e. The van der Waals surface area contributed by atoms with Crippen LogP contribution < -0.4 is 5.56 Å². The zero-order valence-corrected chi connectivity index (χ0v) is 14.2. The molecule has 0 radical (unpaired) electrons. The highest BCUT2D eigenvalue weighted by Gasteiger charge is 2.27. The summed E-state index contributed by atoms with van der Waals surface area (Å²) in [6.45, 7) is -0.0864. The summed E-state index contributed by atoms with van der Waals surface area (Å²) in [5, 5.41) is 9.69. The SMILES string of the molecule is CN(O)C(=O)c1cc2c(n(CCCC(F)(F)F)c1=O)CCCCCC2. The van der Waals surface area contributed by atoms with E-state index in [9.17, 15) is 28.0 Å². The van der Waals surface area contributed by atoms with Gasteiger partial charge in [-0.1, -0.05) is 12.8 Å². The number of hydroxylamine groups is 2. The zero-order chi connectivity index (χ0) is 18.6. The maximum absolute atomic E-state index is 12.7. The van der Waals surface area contributed by atoms with Gasteiger partial charge in [0.05, 0.1) is 0 Å². The van der Waals surface area contributed by atoms with Crippen molar-refractivity contribution in [1.29, 1.82) is 0 Å². The van der Waals surface area contributed by atoms with Crippen molar-refractivity contribution in [2.75, 3.05) is 7.05 Å². The van der Waals surface area contributed by atoms with Crippen molar-refractivity contribution < 1.29 is 23.2 Å². The summed E-state index contributed by atoms with van der Waals surface area (Å²) < 4.78 is 38.7. The second-order valence-electron chi connectivity index (χ2n) is 6.45. The Kier molecular flexibility index (Phi) is 6.26. The standard InChI is InChI=1S/C17H23F3N2O3/c1-21(25)15(23)13-11-12-7-4-2-3-5-8-14(12)22(16(13)24)10-6-9-17(18,19)20/h11,25H,2-10H2,1H3. The van der Waals surface area contributed by atoms with E-state index in [1.807, 2.05) is 0 Å². The van der Waals surface area contributed by atoms with Crippen LogP contribution in [0.2, 0.25) is 0 Å². The predicted octanol–water partition coefficient (Wildman–Crippen LogP) is 3.31. The van der Waals surface area contributed by atoms with E-state index in [4.69, 9.17) is 0 Å². The number of aromatic nitrogens is 1. The second-order valence-corrected chi connectivity index (χ2v) is 6.45. The topological polar surface area (TPSA) is 62.5 Å². The van der Waals surface area contributed by atoms with Gasteiger partial charge < -0.3 is 4.57 Å². The molecule has 0 spiro atoms. The number of fused-ring (bicyclic) bond motifs is 1. The van der Waals surface area contributed by atoms with Crippen LogP contribution in [-0.2, 0) is 19.4 Å². The van der Waals surface area contributed by atoms with E-state index in [2.05, 4.69) is 0 Å². The molecule has 0 fully saturated rings. The lowest BCUT2D eigenvalue weighted by atomic mass is 9.95. The van der Waals surface area contributed by atoms with Crippen LogP contribution >= 0.6 is 0 Å². The Bertz CT molecular complexity index is 681. The van der Waals surface area contributed by atoms with Crippen molar-refractivity contribution in [3.8, 4) is 0 Å². The fourth-order valence-electron chi connectivity index (χ4n) is 3.24. The second kappa shape index (κ2) is 8.03. The Morgan fingerprint density at radius 1 is 1.24 bits per heavy atom. The first-order chi connectivity index (χ1) is 11.7. The summed E-state index contributed by atoms with van der Waals surface area (Å²) in [7, 11) is 1.12. The lowest BCUT2D eigenvalue weighted by Crippen LogP contribution is -2.35. The molecule has 0 bridgehead atoms. The molecule has 0 atom stereocenters. The van der Waals surface area contributed by atoms with Gasteiger partial charge in [-0.3, -0.25) is 14.8 Å². The van der Waals surface area contributed by atoms with E-state index in [1.165, 1.54) is 10.6 Å². The number of nitrogens with zero attached hydrogens (tertiary/aromatic N) is 2. The van der Waals surface area contributed by atoms with Crippen molar-refractivity contribution in [2.45, 2.75) is 64.1 Å². The van der Waals surface area contributed by atoms with Gasteiger partial charge in [0.25, 0.3) is 11.5 Å². The molecule has 0 unspecified atom stereocenters. The molecule has 0 saturated heterocycles. The van der Waals surface area contributed by atoms with E-state index >= 15 is 0 Å². The number of amides is 1. The minimum atomic E-state index is -4.28. The van der Waals surface area contributed by atoms with Crippen LogP contribution in [0.4, 0.5) is 13.2 Å². The molecule has 1 aliphatic carbocycles. The van der Waals surface area contributed by atoms with Gasteiger partial charge in [-0.2, -0.15) is 13.2 Å². The summed E-state index contributed by atoms with van der Waals surface area (Å²) >= 11 is 0. The molecule has 5 nitrogen and oxygen atoms in total. The van der Waals surface area contributed by atoms with E-state index < -0.39 is 24.1 Å². The first-order valence-electron chi connectivity index (χ1n) is 8.50. The Morgan fingerprint density at radius 2 is 1.88 bits per heavy atom. The molecule has 1 aromatic heterocycles. The summed E-state index contributed by atoms with van der Waals surface area (Å²) in [5.74, 6) is -0.848. The van der Waals surface area contributed by atoms with Gasteiger partial charge in [0.15, 0.2) is 0 Å². The van der Waals surface area contributed by atoms with Crippen molar-refractivity contribution in [3.05, 3.63) is 33.2 Å². The largest absolute Gasteiger partial charge is 0.389 e. The van der Waals surface area contributed by atoms with Crippen LogP contribution in [0.25, 0.3) is 0 Å². The molecule has 1 aliphatic rings. The number of alkyl halides is 3. The van der Waals surface area contributed by atoms with Crippen molar-refractivity contribution >= 4 is 5.91 Å². The monoisotopic (exact) mass is 360 g/mol. The molecule has 2 rings (SSSR count). The summed E-state index contributed by atoms with van der Waals surface area (Å²) in [5.41, 5.74) is 0.712. The van der Waals surface area contributed by atoms with Crippen LogP contribution in [0.5, 0.6) is 0 Å². The number of halogens is 3.